The van der Waals surface area contributed by atoms with E-state index in [9.17, 15) is 9.59 Å². The van der Waals surface area contributed by atoms with Crippen molar-refractivity contribution in [2.24, 2.45) is 0 Å². The van der Waals surface area contributed by atoms with E-state index in [1.807, 2.05) is 48.5 Å². The molecule has 0 aliphatic carbocycles. The number of nitrogens with one attached hydrogen (secondary N) is 1. The van der Waals surface area contributed by atoms with E-state index in [-0.39, 0.29) is 24.9 Å². The lowest BCUT2D eigenvalue weighted by molar-refractivity contribution is -0.143. The second-order valence-corrected chi connectivity index (χ2v) is 8.24. The summed E-state index contributed by atoms with van der Waals surface area (Å²) in [5.41, 5.74) is 2.23. The third kappa shape index (κ3) is 5.72. The van der Waals surface area contributed by atoms with Crippen LogP contribution in [0.25, 0.3) is 11.0 Å². The van der Waals surface area contributed by atoms with Crippen LogP contribution in [0.2, 0.25) is 0 Å². The first-order valence-electron chi connectivity index (χ1n) is 11.5. The van der Waals surface area contributed by atoms with Crippen LogP contribution in [0.4, 0.5) is 0 Å². The normalized spacial score (nSPS) is 11.9. The number of amides is 2. The minimum absolute atomic E-state index is 0.0990. The molecule has 36 heavy (non-hydrogen) atoms. The lowest BCUT2D eigenvalue weighted by Crippen LogP contribution is -2.45. The van der Waals surface area contributed by atoms with Gasteiger partial charge in [-0.3, -0.25) is 9.59 Å². The van der Waals surface area contributed by atoms with Gasteiger partial charge in [0.15, 0.2) is 6.04 Å². The van der Waals surface area contributed by atoms with Crippen LogP contribution in [-0.4, -0.2) is 59.1 Å². The summed E-state index contributed by atoms with van der Waals surface area (Å²) in [7, 11) is 3.15. The highest BCUT2D eigenvalue weighted by Gasteiger charge is 2.34. The van der Waals surface area contributed by atoms with Crippen molar-refractivity contribution in [1.82, 2.24) is 25.2 Å². The standard InChI is InChI=1S/C26H29N5O5/c1-18-8-13-23(36-18)25(26(33)27-14-15-34-2)30(16-19-9-11-20(35-3)12-10-19)24(32)17-31-22-7-5-4-6-21(22)28-29-31/h4-13,25H,14-17H2,1-3H3,(H,27,33)/t25-/m0/s1. The second-order valence-electron chi connectivity index (χ2n) is 8.24. The lowest BCUT2D eigenvalue weighted by atomic mass is 10.1. The van der Waals surface area contributed by atoms with Crippen molar-refractivity contribution in [1.29, 1.82) is 0 Å². The first-order chi connectivity index (χ1) is 17.5. The summed E-state index contributed by atoms with van der Waals surface area (Å²) in [4.78, 5) is 28.7. The molecule has 2 amide bonds. The van der Waals surface area contributed by atoms with E-state index < -0.39 is 6.04 Å². The predicted molar refractivity (Wildman–Crippen MR) is 132 cm³/mol. The fourth-order valence-corrected chi connectivity index (χ4v) is 3.90. The number of aromatic nitrogens is 3. The molecule has 0 fully saturated rings. The fourth-order valence-electron chi connectivity index (χ4n) is 3.90. The Bertz CT molecular complexity index is 1310. The Kier molecular flexibility index (Phi) is 7.96. The molecule has 2 aromatic carbocycles. The largest absolute Gasteiger partial charge is 0.497 e. The van der Waals surface area contributed by atoms with Gasteiger partial charge in [-0.15, -0.1) is 5.10 Å². The van der Waals surface area contributed by atoms with Crippen molar-refractivity contribution < 1.29 is 23.5 Å². The molecule has 0 aliphatic heterocycles. The van der Waals surface area contributed by atoms with E-state index in [0.29, 0.717) is 35.9 Å². The molecule has 0 spiro atoms. The molecular formula is C26H29N5O5. The number of rotatable bonds is 11. The molecule has 0 saturated carbocycles. The van der Waals surface area contributed by atoms with Gasteiger partial charge in [-0.2, -0.15) is 0 Å². The highest BCUT2D eigenvalue weighted by atomic mass is 16.5. The highest BCUT2D eigenvalue weighted by Crippen LogP contribution is 2.27. The molecule has 2 aromatic heterocycles. The number of hydrogen-bond donors (Lipinski definition) is 1. The van der Waals surface area contributed by atoms with Gasteiger partial charge >= 0.3 is 0 Å². The molecule has 1 atom stereocenters. The van der Waals surface area contributed by atoms with Gasteiger partial charge in [0.1, 0.15) is 29.3 Å². The molecule has 2 heterocycles. The molecule has 10 heteroatoms. The molecule has 1 N–H and O–H groups in total. The van der Waals surface area contributed by atoms with Gasteiger partial charge in [0.25, 0.3) is 5.91 Å². The topological polar surface area (TPSA) is 112 Å². The van der Waals surface area contributed by atoms with Gasteiger partial charge in [-0.25, -0.2) is 4.68 Å². The zero-order chi connectivity index (χ0) is 25.5. The van der Waals surface area contributed by atoms with E-state index in [1.54, 1.807) is 33.3 Å². The number of hydrogen-bond acceptors (Lipinski definition) is 7. The van der Waals surface area contributed by atoms with Crippen LogP contribution in [-0.2, 0) is 27.4 Å². The average molecular weight is 492 g/mol. The van der Waals surface area contributed by atoms with Crippen LogP contribution >= 0.6 is 0 Å². The van der Waals surface area contributed by atoms with Crippen LogP contribution in [0, 0.1) is 6.92 Å². The number of nitrogens with zero attached hydrogens (tertiary/aromatic N) is 4. The third-order valence-corrected chi connectivity index (χ3v) is 5.73. The number of ether oxygens (including phenoxy) is 2. The highest BCUT2D eigenvalue weighted by molar-refractivity contribution is 5.88. The molecule has 188 valence electrons. The third-order valence-electron chi connectivity index (χ3n) is 5.73. The zero-order valence-corrected chi connectivity index (χ0v) is 20.5. The van der Waals surface area contributed by atoms with Gasteiger partial charge < -0.3 is 24.1 Å². The summed E-state index contributed by atoms with van der Waals surface area (Å²) in [6.45, 7) is 2.49. The summed E-state index contributed by atoms with van der Waals surface area (Å²) in [5.74, 6) is 1.02. The lowest BCUT2D eigenvalue weighted by Gasteiger charge is -2.30. The minimum atomic E-state index is -1.00. The first-order valence-corrected chi connectivity index (χ1v) is 11.5. The quantitative estimate of drug-likeness (QED) is 0.321. The van der Waals surface area contributed by atoms with E-state index in [1.165, 1.54) is 9.58 Å². The molecule has 0 bridgehead atoms. The molecule has 0 saturated heterocycles. The number of carbonyl (C=O) groups is 2. The van der Waals surface area contributed by atoms with Gasteiger partial charge in [-0.1, -0.05) is 29.5 Å². The van der Waals surface area contributed by atoms with E-state index in [4.69, 9.17) is 13.9 Å². The molecule has 10 nitrogen and oxygen atoms in total. The number of aryl methyl sites for hydroxylation is 1. The number of methoxy groups -OCH3 is 2. The van der Waals surface area contributed by atoms with Crippen LogP contribution in [0.1, 0.15) is 23.1 Å². The first kappa shape index (κ1) is 24.9. The van der Waals surface area contributed by atoms with E-state index >= 15 is 0 Å². The van der Waals surface area contributed by atoms with Gasteiger partial charge in [0.05, 0.1) is 19.2 Å². The molecule has 0 radical (unpaired) electrons. The Hall–Kier alpha value is -4.18. The van der Waals surface area contributed by atoms with Crippen LogP contribution in [0.15, 0.2) is 65.1 Å². The maximum atomic E-state index is 13.8. The Morgan fingerprint density at radius 3 is 2.56 bits per heavy atom. The Morgan fingerprint density at radius 1 is 1.08 bits per heavy atom. The monoisotopic (exact) mass is 491 g/mol. The number of furan rings is 1. The smallest absolute Gasteiger partial charge is 0.250 e. The summed E-state index contributed by atoms with van der Waals surface area (Å²) in [6.07, 6.45) is 0. The van der Waals surface area contributed by atoms with Crippen LogP contribution < -0.4 is 10.1 Å². The molecule has 4 rings (SSSR count). The maximum Gasteiger partial charge on any atom is 0.250 e. The minimum Gasteiger partial charge on any atom is -0.497 e. The van der Waals surface area contributed by atoms with Crippen molar-refractivity contribution in [2.45, 2.75) is 26.1 Å². The number of fused-ring (bicyclic) bond motifs is 1. The maximum absolute atomic E-state index is 13.8. The average Bonchev–Trinajstić information content (AvgIpc) is 3.50. The van der Waals surface area contributed by atoms with Crippen molar-refractivity contribution in [3.63, 3.8) is 0 Å². The molecular weight excluding hydrogens is 462 g/mol. The Morgan fingerprint density at radius 2 is 1.86 bits per heavy atom. The molecule has 4 aromatic rings. The fraction of sp³-hybridized carbons (Fsp3) is 0.308. The summed E-state index contributed by atoms with van der Waals surface area (Å²) in [6, 6.07) is 17.2. The summed E-state index contributed by atoms with van der Waals surface area (Å²) in [5, 5.41) is 11.1. The Balaban J connectivity index is 1.70. The summed E-state index contributed by atoms with van der Waals surface area (Å²) >= 11 is 0. The van der Waals surface area contributed by atoms with E-state index in [2.05, 4.69) is 15.6 Å². The Labute approximate surface area is 208 Å². The van der Waals surface area contributed by atoms with Crippen LogP contribution in [0.3, 0.4) is 0 Å². The SMILES string of the molecule is COCCNC(=O)[C@H](c1ccc(C)o1)N(Cc1ccc(OC)cc1)C(=O)Cn1nnc2ccccc21. The second kappa shape index (κ2) is 11.5. The van der Waals surface area contributed by atoms with Crippen molar-refractivity contribution in [2.75, 3.05) is 27.4 Å². The molecule has 0 unspecified atom stereocenters. The van der Waals surface area contributed by atoms with E-state index in [0.717, 1.165) is 11.1 Å². The van der Waals surface area contributed by atoms with Crippen molar-refractivity contribution >= 4 is 22.8 Å². The van der Waals surface area contributed by atoms with Gasteiger partial charge in [-0.05, 0) is 48.9 Å². The number of para-hydroxylation sites is 1. The summed E-state index contributed by atoms with van der Waals surface area (Å²) < 4.78 is 17.7. The predicted octanol–water partition coefficient (Wildman–Crippen LogP) is 2.87. The number of benzene rings is 2. The van der Waals surface area contributed by atoms with Gasteiger partial charge in [0.2, 0.25) is 5.91 Å². The van der Waals surface area contributed by atoms with Crippen molar-refractivity contribution in [3.05, 3.63) is 77.7 Å². The molecule has 0 aliphatic rings. The number of carbonyl (C=O) groups excluding carboxylic acids is 2. The van der Waals surface area contributed by atoms with Crippen molar-refractivity contribution in [3.8, 4) is 5.75 Å². The van der Waals surface area contributed by atoms with Crippen LogP contribution in [0.5, 0.6) is 5.75 Å². The van der Waals surface area contributed by atoms with Gasteiger partial charge in [0, 0.05) is 20.2 Å². The zero-order valence-electron chi connectivity index (χ0n) is 20.5.